The Morgan fingerprint density at radius 3 is 2.94 bits per heavy atom. The Balaban J connectivity index is 1.83. The summed E-state index contributed by atoms with van der Waals surface area (Å²) in [7, 11) is 0. The van der Waals surface area contributed by atoms with E-state index in [4.69, 9.17) is 4.42 Å². The molecule has 0 bridgehead atoms. The van der Waals surface area contributed by atoms with Crippen molar-refractivity contribution in [3.63, 3.8) is 0 Å². The topological polar surface area (TPSA) is 51.0 Å². The molecule has 0 unspecified atom stereocenters. The first-order chi connectivity index (χ1) is 8.74. The highest BCUT2D eigenvalue weighted by Crippen LogP contribution is 2.29. The minimum atomic E-state index is -0.380. The Kier molecular flexibility index (Phi) is 3.13. The van der Waals surface area contributed by atoms with E-state index < -0.39 is 0 Å². The molecule has 1 fully saturated rings. The van der Waals surface area contributed by atoms with Crippen molar-refractivity contribution >= 4 is 15.9 Å². The lowest BCUT2D eigenvalue weighted by atomic mass is 10.2. The molecule has 0 saturated heterocycles. The molecule has 0 atom stereocenters. The van der Waals surface area contributed by atoms with Gasteiger partial charge in [-0.15, -0.1) is 10.2 Å². The Bertz CT molecular complexity index is 548. The Hall–Kier alpha value is -1.27. The van der Waals surface area contributed by atoms with Crippen molar-refractivity contribution in [1.82, 2.24) is 15.5 Å². The van der Waals surface area contributed by atoms with Gasteiger partial charge in [-0.2, -0.15) is 0 Å². The fourth-order valence-corrected chi connectivity index (χ4v) is 2.16. The Morgan fingerprint density at radius 2 is 2.22 bits per heavy atom. The molecule has 0 amide bonds. The lowest BCUT2D eigenvalue weighted by Crippen LogP contribution is -2.15. The summed E-state index contributed by atoms with van der Waals surface area (Å²) in [6.07, 6.45) is 2.39. The largest absolute Gasteiger partial charge is 0.419 e. The van der Waals surface area contributed by atoms with Gasteiger partial charge in [-0.3, -0.25) is 0 Å². The zero-order valence-electron chi connectivity index (χ0n) is 9.49. The van der Waals surface area contributed by atoms with Crippen LogP contribution in [-0.2, 0) is 6.54 Å². The maximum Gasteiger partial charge on any atom is 0.251 e. The second-order valence-corrected chi connectivity index (χ2v) is 5.11. The van der Waals surface area contributed by atoms with E-state index in [1.54, 1.807) is 12.1 Å². The van der Waals surface area contributed by atoms with Crippen LogP contribution in [0.25, 0.3) is 11.5 Å². The molecular weight excluding hydrogens is 301 g/mol. The zero-order valence-corrected chi connectivity index (χ0v) is 11.1. The summed E-state index contributed by atoms with van der Waals surface area (Å²) in [5.41, 5.74) is 0.308. The minimum absolute atomic E-state index is 0.201. The molecule has 3 rings (SSSR count). The Labute approximate surface area is 112 Å². The van der Waals surface area contributed by atoms with Crippen LogP contribution in [-0.4, -0.2) is 16.2 Å². The molecule has 1 saturated carbocycles. The molecule has 6 heteroatoms. The quantitative estimate of drug-likeness (QED) is 0.943. The van der Waals surface area contributed by atoms with Crippen LogP contribution in [0.1, 0.15) is 18.7 Å². The second kappa shape index (κ2) is 4.78. The van der Waals surface area contributed by atoms with E-state index >= 15 is 0 Å². The van der Waals surface area contributed by atoms with Crippen molar-refractivity contribution in [1.29, 1.82) is 0 Å². The lowest BCUT2D eigenvalue weighted by molar-refractivity contribution is 0.473. The van der Waals surface area contributed by atoms with Gasteiger partial charge in [0.25, 0.3) is 5.89 Å². The summed E-state index contributed by atoms with van der Waals surface area (Å²) in [5, 5.41) is 11.1. The SMILES string of the molecule is Fc1cccc(Br)c1-c1nnc(CNC2CC2)o1. The van der Waals surface area contributed by atoms with Gasteiger partial charge < -0.3 is 9.73 Å². The van der Waals surface area contributed by atoms with Crippen molar-refractivity contribution in [2.45, 2.75) is 25.4 Å². The van der Waals surface area contributed by atoms with Gasteiger partial charge in [0.2, 0.25) is 5.89 Å². The summed E-state index contributed by atoms with van der Waals surface area (Å²) < 4.78 is 19.8. The average molecular weight is 312 g/mol. The summed E-state index contributed by atoms with van der Waals surface area (Å²) in [4.78, 5) is 0. The fourth-order valence-electron chi connectivity index (χ4n) is 1.65. The summed E-state index contributed by atoms with van der Waals surface area (Å²) in [6, 6.07) is 5.30. The van der Waals surface area contributed by atoms with E-state index in [-0.39, 0.29) is 11.7 Å². The first-order valence-corrected chi connectivity index (χ1v) is 6.53. The molecule has 0 spiro atoms. The molecule has 1 N–H and O–H groups in total. The molecule has 4 nitrogen and oxygen atoms in total. The molecule has 0 radical (unpaired) electrons. The number of hydrogen-bond acceptors (Lipinski definition) is 4. The third-order valence-corrected chi connectivity index (χ3v) is 3.42. The molecule has 1 heterocycles. The van der Waals surface area contributed by atoms with E-state index in [1.165, 1.54) is 18.9 Å². The first kappa shape index (κ1) is 11.8. The summed E-state index contributed by atoms with van der Waals surface area (Å²) in [5.74, 6) is 0.300. The van der Waals surface area contributed by atoms with E-state index in [0.29, 0.717) is 28.5 Å². The Morgan fingerprint density at radius 1 is 1.39 bits per heavy atom. The maximum atomic E-state index is 13.7. The molecule has 18 heavy (non-hydrogen) atoms. The van der Waals surface area contributed by atoms with Crippen molar-refractivity contribution < 1.29 is 8.81 Å². The van der Waals surface area contributed by atoms with Crippen molar-refractivity contribution in [2.24, 2.45) is 0 Å². The van der Waals surface area contributed by atoms with Crippen LogP contribution >= 0.6 is 15.9 Å². The number of rotatable bonds is 4. The summed E-state index contributed by atoms with van der Waals surface area (Å²) >= 11 is 3.28. The van der Waals surface area contributed by atoms with Crippen LogP contribution in [0.15, 0.2) is 27.1 Å². The molecule has 1 aromatic heterocycles. The number of nitrogens with zero attached hydrogens (tertiary/aromatic N) is 2. The van der Waals surface area contributed by atoms with Crippen LogP contribution in [0.4, 0.5) is 4.39 Å². The van der Waals surface area contributed by atoms with Gasteiger partial charge in [0.15, 0.2) is 0 Å². The van der Waals surface area contributed by atoms with E-state index in [1.807, 2.05) is 0 Å². The first-order valence-electron chi connectivity index (χ1n) is 5.74. The van der Waals surface area contributed by atoms with Gasteiger partial charge in [-0.1, -0.05) is 6.07 Å². The number of nitrogens with one attached hydrogen (secondary N) is 1. The number of benzene rings is 1. The van der Waals surface area contributed by atoms with Gasteiger partial charge in [-0.05, 0) is 40.9 Å². The van der Waals surface area contributed by atoms with E-state index in [0.717, 1.165) is 0 Å². The maximum absolute atomic E-state index is 13.7. The highest BCUT2D eigenvalue weighted by Gasteiger charge is 2.22. The second-order valence-electron chi connectivity index (χ2n) is 4.25. The summed E-state index contributed by atoms with van der Waals surface area (Å²) in [6.45, 7) is 0.531. The molecule has 1 aliphatic carbocycles. The van der Waals surface area contributed by atoms with Crippen LogP contribution in [0.2, 0.25) is 0 Å². The average Bonchev–Trinajstić information content (AvgIpc) is 3.06. The smallest absolute Gasteiger partial charge is 0.251 e. The van der Waals surface area contributed by atoms with Crippen LogP contribution in [0, 0.1) is 5.82 Å². The van der Waals surface area contributed by atoms with Crippen molar-refractivity contribution in [3.05, 3.63) is 34.4 Å². The number of hydrogen-bond donors (Lipinski definition) is 1. The van der Waals surface area contributed by atoms with E-state index in [2.05, 4.69) is 31.4 Å². The van der Waals surface area contributed by atoms with Crippen molar-refractivity contribution in [2.75, 3.05) is 0 Å². The standard InChI is InChI=1S/C12H11BrFN3O/c13-8-2-1-3-9(14)11(8)12-17-16-10(18-12)6-15-7-4-5-7/h1-3,7,15H,4-6H2. The van der Waals surface area contributed by atoms with Gasteiger partial charge in [0.1, 0.15) is 5.82 Å². The molecular formula is C12H11BrFN3O. The number of aromatic nitrogens is 2. The predicted octanol–water partition coefficient (Wildman–Crippen LogP) is 2.89. The minimum Gasteiger partial charge on any atom is -0.419 e. The normalized spacial score (nSPS) is 15.0. The molecule has 0 aliphatic heterocycles. The zero-order chi connectivity index (χ0) is 12.5. The molecule has 1 aliphatic rings. The van der Waals surface area contributed by atoms with Gasteiger partial charge in [0.05, 0.1) is 12.1 Å². The van der Waals surface area contributed by atoms with Crippen molar-refractivity contribution in [3.8, 4) is 11.5 Å². The third kappa shape index (κ3) is 2.44. The predicted molar refractivity (Wildman–Crippen MR) is 67.3 cm³/mol. The van der Waals surface area contributed by atoms with Crippen LogP contribution in [0.5, 0.6) is 0 Å². The molecule has 2 aromatic rings. The van der Waals surface area contributed by atoms with Gasteiger partial charge in [0, 0.05) is 10.5 Å². The lowest BCUT2D eigenvalue weighted by Gasteiger charge is -2.00. The van der Waals surface area contributed by atoms with Gasteiger partial charge in [-0.25, -0.2) is 4.39 Å². The molecule has 1 aromatic carbocycles. The third-order valence-electron chi connectivity index (χ3n) is 2.76. The van der Waals surface area contributed by atoms with Crippen LogP contribution < -0.4 is 5.32 Å². The molecule has 94 valence electrons. The monoisotopic (exact) mass is 311 g/mol. The fraction of sp³-hybridized carbons (Fsp3) is 0.333. The number of halogens is 2. The highest BCUT2D eigenvalue weighted by molar-refractivity contribution is 9.10. The highest BCUT2D eigenvalue weighted by atomic mass is 79.9. The van der Waals surface area contributed by atoms with Crippen LogP contribution in [0.3, 0.4) is 0 Å². The van der Waals surface area contributed by atoms with E-state index in [9.17, 15) is 4.39 Å². The van der Waals surface area contributed by atoms with Gasteiger partial charge >= 0.3 is 0 Å².